The van der Waals surface area contributed by atoms with E-state index in [9.17, 15) is 8.42 Å². The van der Waals surface area contributed by atoms with Crippen molar-refractivity contribution in [1.29, 1.82) is 0 Å². The van der Waals surface area contributed by atoms with E-state index >= 15 is 0 Å². The predicted octanol–water partition coefficient (Wildman–Crippen LogP) is -3.35. The number of nitrogens with zero attached hydrogens (tertiary/aromatic N) is 2. The molecule has 1 aliphatic heterocycles. The van der Waals surface area contributed by atoms with Crippen molar-refractivity contribution in [3.8, 4) is 0 Å². The van der Waals surface area contributed by atoms with Gasteiger partial charge in [-0.05, 0) is 12.1 Å². The van der Waals surface area contributed by atoms with Gasteiger partial charge in [-0.15, -0.1) is 10.6 Å². The van der Waals surface area contributed by atoms with Gasteiger partial charge in [-0.3, -0.25) is 10.4 Å². The molecule has 0 radical (unpaired) electrons. The fourth-order valence-corrected chi connectivity index (χ4v) is 2.24. The lowest BCUT2D eigenvalue weighted by atomic mass is 9.94. The van der Waals surface area contributed by atoms with E-state index in [1.165, 1.54) is 12.1 Å². The Labute approximate surface area is 109 Å². The molecule has 102 valence electrons. The van der Waals surface area contributed by atoms with E-state index in [0.29, 0.717) is 11.5 Å². The molecule has 6 N–H and O–H groups in total. The van der Waals surface area contributed by atoms with E-state index in [1.807, 2.05) is 4.72 Å². The maximum absolute atomic E-state index is 11.7. The summed E-state index contributed by atoms with van der Waals surface area (Å²) in [6.07, 6.45) is 0.649. The van der Waals surface area contributed by atoms with Crippen molar-refractivity contribution in [2.45, 2.75) is 4.90 Å². The Morgan fingerprint density at radius 1 is 1.37 bits per heavy atom. The van der Waals surface area contributed by atoms with Crippen molar-refractivity contribution in [1.82, 2.24) is 26.2 Å². The normalized spacial score (nSPS) is 14.5. The zero-order valence-electron chi connectivity index (χ0n) is 9.53. The van der Waals surface area contributed by atoms with Crippen LogP contribution in [-0.2, 0) is 10.0 Å². The van der Waals surface area contributed by atoms with Crippen molar-refractivity contribution < 1.29 is 18.5 Å². The summed E-state index contributed by atoms with van der Waals surface area (Å²) in [4.78, 5) is 3.85. The zero-order valence-corrected chi connectivity index (χ0v) is 10.3. The summed E-state index contributed by atoms with van der Waals surface area (Å²) in [7, 11) is -5.57. The fraction of sp³-hybridized carbons (Fsp3) is 0.143. The molecule has 0 atom stereocenters. The highest BCUT2D eigenvalue weighted by molar-refractivity contribution is 7.89. The number of hydrogen-bond acceptors (Lipinski definition) is 9. The molecule has 0 unspecified atom stereocenters. The predicted molar refractivity (Wildman–Crippen MR) is 65.6 cm³/mol. The minimum absolute atomic E-state index is 0.0867. The third-order valence-corrected chi connectivity index (χ3v) is 3.56. The van der Waals surface area contributed by atoms with E-state index in [-0.39, 0.29) is 4.90 Å². The Kier molecular flexibility index (Phi) is 3.97. The van der Waals surface area contributed by atoms with Crippen LogP contribution in [0.1, 0.15) is 5.69 Å². The molecule has 2 rings (SSSR count). The third kappa shape index (κ3) is 3.39. The number of hydrazine groups is 2. The van der Waals surface area contributed by atoms with Crippen molar-refractivity contribution in [3.05, 3.63) is 24.0 Å². The molecular weight excluding hydrogens is 275 g/mol. The molecule has 1 aliphatic rings. The number of sulfonamides is 1. The third-order valence-electron chi connectivity index (χ3n) is 2.15. The van der Waals surface area contributed by atoms with Crippen molar-refractivity contribution in [3.63, 3.8) is 0 Å². The zero-order chi connectivity index (χ0) is 13.9. The molecular formula is C7H11BN6O4S. The molecule has 2 heterocycles. The van der Waals surface area contributed by atoms with Gasteiger partial charge in [-0.1, -0.05) is 0 Å². The molecule has 0 saturated carbocycles. The summed E-state index contributed by atoms with van der Waals surface area (Å²) in [5, 5.41) is 21.1. The van der Waals surface area contributed by atoms with Crippen LogP contribution < -0.4 is 21.2 Å². The Morgan fingerprint density at radius 2 is 2.16 bits per heavy atom. The minimum atomic E-state index is -3.82. The second-order valence-corrected chi connectivity index (χ2v) is 5.30. The quantitative estimate of drug-likeness (QED) is 0.307. The van der Waals surface area contributed by atoms with Gasteiger partial charge in [0.05, 0.1) is 0 Å². The monoisotopic (exact) mass is 286 g/mol. The van der Waals surface area contributed by atoms with Gasteiger partial charge >= 0.3 is 7.12 Å². The first-order valence-electron chi connectivity index (χ1n) is 5.15. The maximum Gasteiger partial charge on any atom is 0.467 e. The number of nitrogens with one attached hydrogen (secondary N) is 4. The average molecular weight is 286 g/mol. The smallest absolute Gasteiger partial charge is 0.426 e. The fourth-order valence-electron chi connectivity index (χ4n) is 1.27. The highest BCUT2D eigenvalue weighted by atomic mass is 32.2. The van der Waals surface area contributed by atoms with Gasteiger partial charge < -0.3 is 10.0 Å². The molecule has 1 aromatic heterocycles. The molecule has 0 spiro atoms. The summed E-state index contributed by atoms with van der Waals surface area (Å²) in [6, 6.07) is 2.79. The molecule has 19 heavy (non-hydrogen) atoms. The number of hydrogen-bond donors (Lipinski definition) is 6. The van der Waals surface area contributed by atoms with E-state index in [1.54, 1.807) is 0 Å². The van der Waals surface area contributed by atoms with E-state index in [0.717, 1.165) is 6.20 Å². The maximum atomic E-state index is 11.7. The van der Waals surface area contributed by atoms with Crippen LogP contribution in [0.15, 0.2) is 28.3 Å². The molecule has 0 saturated heterocycles. The SMILES string of the molecule is O=S(=O)(NCB(O)O)c1ccc(C2=NNNN2)nc1. The minimum Gasteiger partial charge on any atom is -0.426 e. The molecule has 0 aromatic carbocycles. The number of aromatic nitrogens is 1. The van der Waals surface area contributed by atoms with E-state index in [2.05, 4.69) is 26.6 Å². The van der Waals surface area contributed by atoms with Crippen LogP contribution in [0, 0.1) is 0 Å². The van der Waals surface area contributed by atoms with Crippen LogP contribution in [0.2, 0.25) is 0 Å². The second-order valence-electron chi connectivity index (χ2n) is 3.53. The molecule has 0 bridgehead atoms. The van der Waals surface area contributed by atoms with Crippen LogP contribution in [0.3, 0.4) is 0 Å². The van der Waals surface area contributed by atoms with E-state index < -0.39 is 23.6 Å². The largest absolute Gasteiger partial charge is 0.467 e. The standard InChI is InChI=1S/C7H11BN6O4S/c15-8(16)4-10-19(17,18)5-1-2-6(9-3-5)7-11-13-14-12-7/h1-3,10,13-16H,4H2,(H,11,12). The van der Waals surface area contributed by atoms with Crippen LogP contribution in [0.5, 0.6) is 0 Å². The highest BCUT2D eigenvalue weighted by Crippen LogP contribution is 2.08. The summed E-state index contributed by atoms with van der Waals surface area (Å²) in [5.74, 6) is 0.419. The van der Waals surface area contributed by atoms with Crippen molar-refractivity contribution in [2.24, 2.45) is 5.10 Å². The summed E-state index contributed by atoms with van der Waals surface area (Å²) < 4.78 is 25.5. The molecule has 0 aliphatic carbocycles. The second kappa shape index (κ2) is 5.50. The van der Waals surface area contributed by atoms with Crippen molar-refractivity contribution in [2.75, 3.05) is 6.44 Å². The van der Waals surface area contributed by atoms with Gasteiger partial charge in [0.25, 0.3) is 0 Å². The van der Waals surface area contributed by atoms with Gasteiger partial charge in [0.1, 0.15) is 10.6 Å². The van der Waals surface area contributed by atoms with Gasteiger partial charge in [0, 0.05) is 12.6 Å². The summed E-state index contributed by atoms with van der Waals surface area (Å²) in [6.45, 7) is 0. The molecule has 0 amide bonds. The van der Waals surface area contributed by atoms with Gasteiger partial charge in [0.2, 0.25) is 10.0 Å². The molecule has 1 aromatic rings. The Morgan fingerprint density at radius 3 is 2.68 bits per heavy atom. The summed E-state index contributed by atoms with van der Waals surface area (Å²) in [5.41, 5.74) is 8.08. The average Bonchev–Trinajstić information content (AvgIpc) is 2.91. The number of rotatable bonds is 5. The Bertz CT molecular complexity index is 574. The number of hydrazone groups is 1. The number of amidine groups is 1. The van der Waals surface area contributed by atoms with Crippen LogP contribution >= 0.6 is 0 Å². The van der Waals surface area contributed by atoms with Crippen LogP contribution in [0.25, 0.3) is 0 Å². The molecule has 0 fully saturated rings. The molecule has 10 nitrogen and oxygen atoms in total. The summed E-state index contributed by atoms with van der Waals surface area (Å²) >= 11 is 0. The lowest BCUT2D eigenvalue weighted by molar-refractivity contribution is 0.404. The first-order valence-corrected chi connectivity index (χ1v) is 6.63. The van der Waals surface area contributed by atoms with Crippen LogP contribution in [0.4, 0.5) is 0 Å². The first-order chi connectivity index (χ1) is 8.99. The Hall–Kier alpha value is -1.73. The Balaban J connectivity index is 2.13. The van der Waals surface area contributed by atoms with Gasteiger partial charge in [0.15, 0.2) is 5.84 Å². The lowest BCUT2D eigenvalue weighted by Crippen LogP contribution is -2.36. The van der Waals surface area contributed by atoms with Crippen LogP contribution in [-0.4, -0.2) is 42.8 Å². The lowest BCUT2D eigenvalue weighted by Gasteiger charge is -2.06. The van der Waals surface area contributed by atoms with Gasteiger partial charge in [-0.2, -0.15) is 0 Å². The van der Waals surface area contributed by atoms with Crippen molar-refractivity contribution >= 4 is 23.0 Å². The topological polar surface area (TPSA) is 148 Å². The van der Waals surface area contributed by atoms with Gasteiger partial charge in [-0.25, -0.2) is 18.7 Å². The first kappa shape index (κ1) is 13.7. The van der Waals surface area contributed by atoms with E-state index in [4.69, 9.17) is 10.0 Å². The highest BCUT2D eigenvalue weighted by Gasteiger charge is 2.18. The molecule has 12 heteroatoms. The number of pyridine rings is 1.